The van der Waals surface area contributed by atoms with Crippen molar-refractivity contribution in [2.24, 2.45) is 7.05 Å². The van der Waals surface area contributed by atoms with E-state index in [1.165, 1.54) is 10.9 Å². The smallest absolute Gasteiger partial charge is 0.308 e. The highest BCUT2D eigenvalue weighted by Gasteiger charge is 2.39. The third-order valence-corrected chi connectivity index (χ3v) is 4.39. The molecule has 7 nitrogen and oxygen atoms in total. The summed E-state index contributed by atoms with van der Waals surface area (Å²) < 4.78 is 42.3. The summed E-state index contributed by atoms with van der Waals surface area (Å²) in [5.74, 6) is -0.361. The van der Waals surface area contributed by atoms with Crippen LogP contribution in [0.15, 0.2) is 6.20 Å². The largest absolute Gasteiger partial charge is 0.435 e. The lowest BCUT2D eigenvalue weighted by Crippen LogP contribution is -2.23. The zero-order valence-corrected chi connectivity index (χ0v) is 14.1. The van der Waals surface area contributed by atoms with Gasteiger partial charge in [0.05, 0.1) is 6.20 Å². The van der Waals surface area contributed by atoms with E-state index in [4.69, 9.17) is 5.26 Å². The minimum absolute atomic E-state index is 0.177. The standard InChI is InChI=1S/C16H17F3N6O/c1-24-15(10(7-20)8-21-24)22-13(26)9-25-12-6-4-2-3-5-11(12)14(23-25)16(17,18)19/h8H,2-6,9H2,1H3,(H,22,26). The van der Waals surface area contributed by atoms with Gasteiger partial charge >= 0.3 is 6.18 Å². The molecule has 0 radical (unpaired) electrons. The van der Waals surface area contributed by atoms with Crippen molar-refractivity contribution < 1.29 is 18.0 Å². The number of nitriles is 1. The number of nitrogens with zero attached hydrogens (tertiary/aromatic N) is 5. The zero-order chi connectivity index (χ0) is 18.9. The fourth-order valence-electron chi connectivity index (χ4n) is 3.18. The van der Waals surface area contributed by atoms with E-state index < -0.39 is 17.8 Å². The number of fused-ring (bicyclic) bond motifs is 1. The molecule has 2 aromatic heterocycles. The second-order valence-electron chi connectivity index (χ2n) is 6.18. The fourth-order valence-corrected chi connectivity index (χ4v) is 3.18. The molecule has 0 saturated heterocycles. The van der Waals surface area contributed by atoms with E-state index in [-0.39, 0.29) is 23.5 Å². The first-order valence-electron chi connectivity index (χ1n) is 8.19. The molecule has 0 atom stereocenters. The summed E-state index contributed by atoms with van der Waals surface area (Å²) in [7, 11) is 1.55. The maximum absolute atomic E-state index is 13.3. The number of amides is 1. The molecule has 1 aliphatic carbocycles. The van der Waals surface area contributed by atoms with Crippen molar-refractivity contribution in [2.75, 3.05) is 5.32 Å². The maximum atomic E-state index is 13.3. The molecule has 0 aliphatic heterocycles. The first-order chi connectivity index (χ1) is 12.3. The Morgan fingerprint density at radius 1 is 1.35 bits per heavy atom. The molecule has 1 aliphatic rings. The topological polar surface area (TPSA) is 88.5 Å². The molecule has 0 saturated carbocycles. The van der Waals surface area contributed by atoms with Crippen molar-refractivity contribution in [3.05, 3.63) is 28.7 Å². The molecular weight excluding hydrogens is 349 g/mol. The third kappa shape index (κ3) is 3.42. The van der Waals surface area contributed by atoms with Gasteiger partial charge in [-0.05, 0) is 25.7 Å². The van der Waals surface area contributed by atoms with Crippen LogP contribution in [0.5, 0.6) is 0 Å². The van der Waals surface area contributed by atoms with Crippen molar-refractivity contribution >= 4 is 11.7 Å². The van der Waals surface area contributed by atoms with Crippen LogP contribution in [0.4, 0.5) is 19.0 Å². The summed E-state index contributed by atoms with van der Waals surface area (Å²) in [6, 6.07) is 1.90. The zero-order valence-electron chi connectivity index (χ0n) is 14.1. The number of alkyl halides is 3. The van der Waals surface area contributed by atoms with Gasteiger partial charge < -0.3 is 5.32 Å². The number of rotatable bonds is 3. The monoisotopic (exact) mass is 366 g/mol. The van der Waals surface area contributed by atoms with Crippen LogP contribution in [0.3, 0.4) is 0 Å². The normalized spacial score (nSPS) is 14.4. The molecule has 1 N–H and O–H groups in total. The van der Waals surface area contributed by atoms with Crippen molar-refractivity contribution in [1.82, 2.24) is 19.6 Å². The van der Waals surface area contributed by atoms with E-state index in [1.807, 2.05) is 6.07 Å². The van der Waals surface area contributed by atoms with Crippen LogP contribution in [0.1, 0.15) is 41.8 Å². The molecular formula is C16H17F3N6O. The molecule has 0 unspecified atom stereocenters. The molecule has 0 spiro atoms. The molecule has 3 rings (SSSR count). The highest BCUT2D eigenvalue weighted by atomic mass is 19.4. The summed E-state index contributed by atoms with van der Waals surface area (Å²) in [5, 5.41) is 19.1. The van der Waals surface area contributed by atoms with Gasteiger partial charge in [-0.15, -0.1) is 0 Å². The summed E-state index contributed by atoms with van der Waals surface area (Å²) >= 11 is 0. The maximum Gasteiger partial charge on any atom is 0.435 e. The molecule has 26 heavy (non-hydrogen) atoms. The number of carbonyl (C=O) groups excluding carboxylic acids is 1. The average molecular weight is 366 g/mol. The van der Waals surface area contributed by atoms with Crippen molar-refractivity contribution in [3.63, 3.8) is 0 Å². The number of hydrogen-bond acceptors (Lipinski definition) is 4. The highest BCUT2D eigenvalue weighted by molar-refractivity contribution is 5.90. The lowest BCUT2D eigenvalue weighted by Gasteiger charge is -2.09. The first kappa shape index (κ1) is 18.0. The first-order valence-corrected chi connectivity index (χ1v) is 8.19. The quantitative estimate of drug-likeness (QED) is 0.845. The SMILES string of the molecule is Cn1ncc(C#N)c1NC(=O)Cn1nc(C(F)(F)F)c2c1CCCCC2. The molecule has 10 heteroatoms. The van der Waals surface area contributed by atoms with Gasteiger partial charge in [-0.2, -0.15) is 28.6 Å². The molecule has 2 aromatic rings. The van der Waals surface area contributed by atoms with Gasteiger partial charge in [-0.25, -0.2) is 0 Å². The van der Waals surface area contributed by atoms with Gasteiger partial charge in [-0.3, -0.25) is 14.2 Å². The number of nitrogens with one attached hydrogen (secondary N) is 1. The summed E-state index contributed by atoms with van der Waals surface area (Å²) in [5.41, 5.74) is -0.0619. The summed E-state index contributed by atoms with van der Waals surface area (Å²) in [6.45, 7) is -0.353. The Labute approximate surface area is 147 Å². The average Bonchev–Trinajstić information content (AvgIpc) is 2.98. The molecule has 0 bridgehead atoms. The fraction of sp³-hybridized carbons (Fsp3) is 0.500. The Morgan fingerprint density at radius 3 is 2.77 bits per heavy atom. The van der Waals surface area contributed by atoms with Gasteiger partial charge in [-0.1, -0.05) is 6.42 Å². The van der Waals surface area contributed by atoms with Crippen molar-refractivity contribution in [2.45, 2.75) is 44.8 Å². The second-order valence-corrected chi connectivity index (χ2v) is 6.18. The van der Waals surface area contributed by atoms with Gasteiger partial charge in [0, 0.05) is 18.3 Å². The van der Waals surface area contributed by atoms with E-state index in [2.05, 4.69) is 15.5 Å². The molecule has 0 aromatic carbocycles. The Morgan fingerprint density at radius 2 is 2.08 bits per heavy atom. The number of hydrogen-bond donors (Lipinski definition) is 1. The lowest BCUT2D eigenvalue weighted by atomic mass is 10.1. The van der Waals surface area contributed by atoms with Crippen LogP contribution in [-0.2, 0) is 37.4 Å². The predicted octanol–water partition coefficient (Wildman–Crippen LogP) is 2.41. The molecule has 2 heterocycles. The van der Waals surface area contributed by atoms with E-state index in [1.54, 1.807) is 7.05 Å². The van der Waals surface area contributed by atoms with Crippen LogP contribution in [-0.4, -0.2) is 25.5 Å². The van der Waals surface area contributed by atoms with E-state index in [0.717, 1.165) is 17.5 Å². The molecule has 1 amide bonds. The highest BCUT2D eigenvalue weighted by Crippen LogP contribution is 2.35. The van der Waals surface area contributed by atoms with Gasteiger partial charge in [0.2, 0.25) is 5.91 Å². The molecule has 0 fully saturated rings. The van der Waals surface area contributed by atoms with Gasteiger partial charge in [0.25, 0.3) is 0 Å². The Hall–Kier alpha value is -2.83. The van der Waals surface area contributed by atoms with Crippen molar-refractivity contribution in [1.29, 1.82) is 5.26 Å². The summed E-state index contributed by atoms with van der Waals surface area (Å²) in [4.78, 5) is 12.3. The predicted molar refractivity (Wildman–Crippen MR) is 85.0 cm³/mol. The lowest BCUT2D eigenvalue weighted by molar-refractivity contribution is -0.142. The van der Waals surface area contributed by atoms with Crippen LogP contribution < -0.4 is 5.32 Å². The van der Waals surface area contributed by atoms with E-state index >= 15 is 0 Å². The summed E-state index contributed by atoms with van der Waals surface area (Å²) in [6.07, 6.45) is -0.193. The van der Waals surface area contributed by atoms with Crippen LogP contribution >= 0.6 is 0 Å². The third-order valence-electron chi connectivity index (χ3n) is 4.39. The van der Waals surface area contributed by atoms with Crippen LogP contribution in [0.2, 0.25) is 0 Å². The number of aryl methyl sites for hydroxylation is 1. The Balaban J connectivity index is 1.88. The number of halogens is 3. The van der Waals surface area contributed by atoms with Crippen LogP contribution in [0.25, 0.3) is 0 Å². The van der Waals surface area contributed by atoms with Gasteiger partial charge in [0.15, 0.2) is 5.69 Å². The minimum Gasteiger partial charge on any atom is -0.308 e. The Kier molecular flexibility index (Phi) is 4.71. The molecule has 138 valence electrons. The number of carbonyl (C=O) groups is 1. The van der Waals surface area contributed by atoms with E-state index in [0.29, 0.717) is 25.0 Å². The van der Waals surface area contributed by atoms with Gasteiger partial charge in [0.1, 0.15) is 24.0 Å². The minimum atomic E-state index is -4.55. The number of anilines is 1. The number of aromatic nitrogens is 4. The van der Waals surface area contributed by atoms with E-state index in [9.17, 15) is 18.0 Å². The second kappa shape index (κ2) is 6.82. The van der Waals surface area contributed by atoms with Crippen LogP contribution in [0, 0.1) is 11.3 Å². The Bertz CT molecular complexity index is 874. The van der Waals surface area contributed by atoms with Crippen molar-refractivity contribution in [3.8, 4) is 6.07 Å².